The maximum Gasteiger partial charge on any atom is 0.160 e. The highest BCUT2D eigenvalue weighted by Crippen LogP contribution is 2.34. The SMILES string of the molecule is c1ccc(-c2cc(-c3ccc4cc(-c5cccc(-c6ccc7ccc8ccc(-c9ccccc9)nc8c7n6)c5)ccc4c3)nc(-c3ccccc3)n2)cc1. The largest absolute Gasteiger partial charge is 0.245 e. The molecule has 0 radical (unpaired) electrons. The third-order valence-electron chi connectivity index (χ3n) is 10.0. The van der Waals surface area contributed by atoms with Gasteiger partial charge in [0.2, 0.25) is 0 Å². The van der Waals surface area contributed by atoms with Gasteiger partial charge in [0.15, 0.2) is 5.82 Å². The maximum absolute atomic E-state index is 5.21. The maximum atomic E-state index is 5.21. The van der Waals surface area contributed by atoms with Gasteiger partial charge in [-0.3, -0.25) is 0 Å². The molecule has 0 saturated heterocycles. The molecule has 0 unspecified atom stereocenters. The Bertz CT molecular complexity index is 2920. The van der Waals surface area contributed by atoms with Crippen LogP contribution in [0.3, 0.4) is 0 Å². The van der Waals surface area contributed by atoms with Crippen molar-refractivity contribution in [3.05, 3.63) is 194 Å². The number of nitrogens with zero attached hydrogens (tertiary/aromatic N) is 4. The lowest BCUT2D eigenvalue weighted by Gasteiger charge is -2.11. The van der Waals surface area contributed by atoms with E-state index >= 15 is 0 Å². The van der Waals surface area contributed by atoms with Crippen LogP contribution in [0.5, 0.6) is 0 Å². The molecule has 0 aliphatic carbocycles. The van der Waals surface area contributed by atoms with Crippen LogP contribution in [-0.4, -0.2) is 19.9 Å². The average Bonchev–Trinajstić information content (AvgIpc) is 3.26. The molecule has 10 aromatic rings. The third-order valence-corrected chi connectivity index (χ3v) is 10.0. The van der Waals surface area contributed by atoms with Crippen molar-refractivity contribution in [2.45, 2.75) is 0 Å². The Labute approximate surface area is 313 Å². The van der Waals surface area contributed by atoms with E-state index in [1.165, 1.54) is 0 Å². The monoisotopic (exact) mass is 688 g/mol. The first-order chi connectivity index (χ1) is 26.7. The first-order valence-electron chi connectivity index (χ1n) is 18.1. The van der Waals surface area contributed by atoms with Crippen molar-refractivity contribution in [1.82, 2.24) is 19.9 Å². The number of rotatable bonds is 6. The Kier molecular flexibility index (Phi) is 7.77. The first kappa shape index (κ1) is 31.4. The van der Waals surface area contributed by atoms with Gasteiger partial charge in [0.1, 0.15) is 0 Å². The Morgan fingerprint density at radius 3 is 1.26 bits per heavy atom. The van der Waals surface area contributed by atoms with Gasteiger partial charge < -0.3 is 0 Å². The fourth-order valence-corrected chi connectivity index (χ4v) is 7.21. The average molecular weight is 689 g/mol. The van der Waals surface area contributed by atoms with Crippen molar-refractivity contribution in [2.75, 3.05) is 0 Å². The van der Waals surface area contributed by atoms with Crippen molar-refractivity contribution < 1.29 is 0 Å². The van der Waals surface area contributed by atoms with Crippen LogP contribution in [0.1, 0.15) is 0 Å². The number of benzene rings is 7. The lowest BCUT2D eigenvalue weighted by Crippen LogP contribution is -1.95. The summed E-state index contributed by atoms with van der Waals surface area (Å²) in [5, 5.41) is 4.47. The fraction of sp³-hybridized carbons (Fsp3) is 0. The zero-order chi connectivity index (χ0) is 35.8. The summed E-state index contributed by atoms with van der Waals surface area (Å²) in [4.78, 5) is 20.3. The van der Waals surface area contributed by atoms with E-state index in [0.717, 1.165) is 94.3 Å². The smallest absolute Gasteiger partial charge is 0.160 e. The number of aromatic nitrogens is 4. The van der Waals surface area contributed by atoms with Crippen molar-refractivity contribution in [3.63, 3.8) is 0 Å². The summed E-state index contributed by atoms with van der Waals surface area (Å²) in [6.45, 7) is 0. The van der Waals surface area contributed by atoms with Gasteiger partial charge in [-0.25, -0.2) is 19.9 Å². The summed E-state index contributed by atoms with van der Waals surface area (Å²) in [7, 11) is 0. The van der Waals surface area contributed by atoms with Gasteiger partial charge in [0.25, 0.3) is 0 Å². The Morgan fingerprint density at radius 2 is 0.630 bits per heavy atom. The van der Waals surface area contributed by atoms with Gasteiger partial charge in [0.05, 0.1) is 33.8 Å². The molecule has 0 aliphatic rings. The van der Waals surface area contributed by atoms with Gasteiger partial charge >= 0.3 is 0 Å². The van der Waals surface area contributed by atoms with Crippen LogP contribution in [0.15, 0.2) is 194 Å². The minimum absolute atomic E-state index is 0.713. The predicted molar refractivity (Wildman–Crippen MR) is 223 cm³/mol. The van der Waals surface area contributed by atoms with Crippen molar-refractivity contribution in [1.29, 1.82) is 0 Å². The van der Waals surface area contributed by atoms with E-state index in [1.807, 2.05) is 54.6 Å². The second kappa shape index (κ2) is 13.4. The Morgan fingerprint density at radius 1 is 0.222 bits per heavy atom. The minimum atomic E-state index is 0.713. The van der Waals surface area contributed by atoms with Crippen LogP contribution in [0.2, 0.25) is 0 Å². The van der Waals surface area contributed by atoms with Gasteiger partial charge in [-0.15, -0.1) is 0 Å². The summed E-state index contributed by atoms with van der Waals surface area (Å²) in [5.74, 6) is 0.713. The summed E-state index contributed by atoms with van der Waals surface area (Å²) >= 11 is 0. The highest BCUT2D eigenvalue weighted by molar-refractivity contribution is 6.04. The van der Waals surface area contributed by atoms with Crippen LogP contribution >= 0.6 is 0 Å². The molecule has 3 heterocycles. The van der Waals surface area contributed by atoms with Crippen LogP contribution < -0.4 is 0 Å². The molecule has 10 rings (SSSR count). The zero-order valence-corrected chi connectivity index (χ0v) is 29.3. The van der Waals surface area contributed by atoms with Gasteiger partial charge in [-0.1, -0.05) is 158 Å². The molecule has 252 valence electrons. The van der Waals surface area contributed by atoms with Crippen LogP contribution in [0.4, 0.5) is 0 Å². The van der Waals surface area contributed by atoms with E-state index in [9.17, 15) is 0 Å². The molecule has 0 fully saturated rings. The van der Waals surface area contributed by atoms with E-state index in [4.69, 9.17) is 19.9 Å². The molecule has 0 saturated carbocycles. The standard InChI is InChI=1S/C50H32N4/c1-4-11-33(12-5-1)44-27-25-35-19-20-36-26-28-45(52-49(36)48(35)51-44)42-18-10-17-38(30-42)39-21-22-41-31-43(24-23-40(41)29-39)47-32-46(34-13-6-2-7-14-34)53-50(54-47)37-15-8-3-9-16-37/h1-32H. The quantitative estimate of drug-likeness (QED) is 0.163. The van der Waals surface area contributed by atoms with E-state index in [-0.39, 0.29) is 0 Å². The second-order valence-electron chi connectivity index (χ2n) is 13.5. The van der Waals surface area contributed by atoms with Crippen molar-refractivity contribution >= 4 is 32.6 Å². The van der Waals surface area contributed by atoms with E-state index in [1.54, 1.807) is 0 Å². The Balaban J connectivity index is 0.998. The van der Waals surface area contributed by atoms with E-state index in [0.29, 0.717) is 5.82 Å². The highest BCUT2D eigenvalue weighted by Gasteiger charge is 2.13. The molecule has 0 N–H and O–H groups in total. The minimum Gasteiger partial charge on any atom is -0.245 e. The number of fused-ring (bicyclic) bond motifs is 4. The van der Waals surface area contributed by atoms with Crippen LogP contribution in [-0.2, 0) is 0 Å². The van der Waals surface area contributed by atoms with Crippen molar-refractivity contribution in [3.8, 4) is 67.5 Å². The molecule has 4 heteroatoms. The topological polar surface area (TPSA) is 51.6 Å². The van der Waals surface area contributed by atoms with Crippen LogP contribution in [0, 0.1) is 0 Å². The van der Waals surface area contributed by atoms with E-state index < -0.39 is 0 Å². The molecule has 3 aromatic heterocycles. The number of pyridine rings is 2. The Hall–Kier alpha value is -7.30. The fourth-order valence-electron chi connectivity index (χ4n) is 7.21. The number of hydrogen-bond donors (Lipinski definition) is 0. The molecule has 4 nitrogen and oxygen atoms in total. The summed E-state index contributed by atoms with van der Waals surface area (Å²) in [6, 6.07) is 67.5. The zero-order valence-electron chi connectivity index (χ0n) is 29.3. The summed E-state index contributed by atoms with van der Waals surface area (Å²) < 4.78 is 0. The molecule has 0 bridgehead atoms. The van der Waals surface area contributed by atoms with Gasteiger partial charge in [-0.2, -0.15) is 0 Å². The van der Waals surface area contributed by atoms with Crippen molar-refractivity contribution in [2.24, 2.45) is 0 Å². The van der Waals surface area contributed by atoms with Gasteiger partial charge in [-0.05, 0) is 58.3 Å². The lowest BCUT2D eigenvalue weighted by molar-refractivity contribution is 1.18. The summed E-state index contributed by atoms with van der Waals surface area (Å²) in [5.41, 5.74) is 13.0. The molecule has 7 aromatic carbocycles. The van der Waals surface area contributed by atoms with E-state index in [2.05, 4.69) is 140 Å². The molecular weight excluding hydrogens is 657 g/mol. The summed E-state index contributed by atoms with van der Waals surface area (Å²) in [6.07, 6.45) is 0. The molecule has 54 heavy (non-hydrogen) atoms. The molecule has 0 spiro atoms. The highest BCUT2D eigenvalue weighted by atomic mass is 14.9. The molecule has 0 aliphatic heterocycles. The molecular formula is C50H32N4. The predicted octanol–water partition coefficient (Wildman–Crippen LogP) is 12.7. The normalized spacial score (nSPS) is 11.3. The lowest BCUT2D eigenvalue weighted by atomic mass is 9.97. The molecule has 0 amide bonds. The third kappa shape index (κ3) is 5.96. The molecule has 0 atom stereocenters. The second-order valence-corrected chi connectivity index (χ2v) is 13.5. The first-order valence-corrected chi connectivity index (χ1v) is 18.1. The number of hydrogen-bond acceptors (Lipinski definition) is 4. The van der Waals surface area contributed by atoms with Crippen LogP contribution in [0.25, 0.3) is 100 Å². The van der Waals surface area contributed by atoms with Gasteiger partial charge in [0, 0.05) is 38.6 Å².